The Hall–Kier alpha value is -2.95. The summed E-state index contributed by atoms with van der Waals surface area (Å²) in [5.41, 5.74) is 0.991. The van der Waals surface area contributed by atoms with Crippen molar-refractivity contribution >= 4 is 34.1 Å². The smallest absolute Gasteiger partial charge is 0.323 e. The molecule has 11 nitrogen and oxygen atoms in total. The maximum atomic E-state index is 12.2. The summed E-state index contributed by atoms with van der Waals surface area (Å²) in [6.07, 6.45) is 1.95. The van der Waals surface area contributed by atoms with Crippen molar-refractivity contribution in [2.24, 2.45) is 5.92 Å². The fraction of sp³-hybridized carbons (Fsp3) is 0.588. The fourth-order valence-electron chi connectivity index (χ4n) is 3.42. The molecule has 0 spiro atoms. The molecule has 1 fully saturated rings. The summed E-state index contributed by atoms with van der Waals surface area (Å²) in [6.45, 7) is 3.52. The predicted octanol–water partition coefficient (Wildman–Crippen LogP) is 1.70. The van der Waals surface area contributed by atoms with Gasteiger partial charge in [0.2, 0.25) is 5.52 Å². The van der Waals surface area contributed by atoms with Crippen molar-refractivity contribution in [1.82, 2.24) is 10.3 Å². The zero-order chi connectivity index (χ0) is 20.1. The van der Waals surface area contributed by atoms with Gasteiger partial charge in [-0.05, 0) is 42.6 Å². The van der Waals surface area contributed by atoms with Crippen LogP contribution < -0.4 is 10.2 Å². The van der Waals surface area contributed by atoms with Crippen molar-refractivity contribution < 1.29 is 24.2 Å². The molecule has 2 aromatic rings. The minimum atomic E-state index is -0.533. The number of aliphatic hydroxyl groups excluding tert-OH is 1. The van der Waals surface area contributed by atoms with Crippen molar-refractivity contribution in [3.63, 3.8) is 0 Å². The topological polar surface area (TPSA) is 144 Å². The van der Waals surface area contributed by atoms with E-state index in [1.807, 2.05) is 4.90 Å². The van der Waals surface area contributed by atoms with Crippen LogP contribution in [0.1, 0.15) is 26.2 Å². The van der Waals surface area contributed by atoms with E-state index in [9.17, 15) is 14.9 Å². The quantitative estimate of drug-likeness (QED) is 0.294. The predicted molar refractivity (Wildman–Crippen MR) is 100 cm³/mol. The first-order chi connectivity index (χ1) is 13.6. The molecule has 1 aliphatic heterocycles. The minimum Gasteiger partial charge on any atom is -0.466 e. The lowest BCUT2D eigenvalue weighted by Crippen LogP contribution is -2.39. The summed E-state index contributed by atoms with van der Waals surface area (Å²) >= 11 is 0. The molecule has 0 radical (unpaired) electrons. The minimum absolute atomic E-state index is 0.0330. The third kappa shape index (κ3) is 3.98. The number of nitrogens with zero attached hydrogens (tertiary/aromatic N) is 4. The van der Waals surface area contributed by atoms with E-state index in [2.05, 4.69) is 15.6 Å². The number of nitrogens with one attached hydrogen (secondary N) is 1. The highest BCUT2D eigenvalue weighted by Gasteiger charge is 2.32. The molecule has 1 saturated heterocycles. The van der Waals surface area contributed by atoms with Crippen LogP contribution in [-0.4, -0.2) is 59.2 Å². The first-order valence-electron chi connectivity index (χ1n) is 9.26. The van der Waals surface area contributed by atoms with Gasteiger partial charge in [-0.1, -0.05) is 0 Å². The molecule has 1 aromatic heterocycles. The fourth-order valence-corrected chi connectivity index (χ4v) is 3.42. The van der Waals surface area contributed by atoms with E-state index < -0.39 is 4.92 Å². The number of hydrogen-bond donors (Lipinski definition) is 2. The van der Waals surface area contributed by atoms with Gasteiger partial charge in [-0.3, -0.25) is 14.9 Å². The van der Waals surface area contributed by atoms with Crippen LogP contribution >= 0.6 is 0 Å². The number of aromatic nitrogens is 2. The second-order valence-corrected chi connectivity index (χ2v) is 6.55. The summed E-state index contributed by atoms with van der Waals surface area (Å²) in [7, 11) is 0. The Morgan fingerprint density at radius 3 is 3.00 bits per heavy atom. The molecule has 1 atom stereocenters. The lowest BCUT2D eigenvalue weighted by atomic mass is 9.97. The maximum Gasteiger partial charge on any atom is 0.323 e. The summed E-state index contributed by atoms with van der Waals surface area (Å²) in [6, 6.07) is 1.63. The Morgan fingerprint density at radius 2 is 2.29 bits per heavy atom. The monoisotopic (exact) mass is 393 g/mol. The van der Waals surface area contributed by atoms with Gasteiger partial charge in [-0.15, -0.1) is 0 Å². The van der Waals surface area contributed by atoms with Crippen LogP contribution in [0.5, 0.6) is 0 Å². The van der Waals surface area contributed by atoms with Crippen molar-refractivity contribution in [2.45, 2.75) is 26.2 Å². The Balaban J connectivity index is 1.98. The van der Waals surface area contributed by atoms with Gasteiger partial charge < -0.3 is 20.1 Å². The first kappa shape index (κ1) is 19.8. The number of carbonyl (C=O) groups excluding carboxylic acids is 1. The number of carbonyl (C=O) groups is 1. The van der Waals surface area contributed by atoms with Gasteiger partial charge in [0.1, 0.15) is 5.69 Å². The molecule has 2 heterocycles. The number of benzene rings is 1. The van der Waals surface area contributed by atoms with Gasteiger partial charge in [-0.25, -0.2) is 4.63 Å². The van der Waals surface area contributed by atoms with Crippen LogP contribution in [0.25, 0.3) is 11.0 Å². The number of piperidine rings is 1. The Kier molecular flexibility index (Phi) is 6.24. The highest BCUT2D eigenvalue weighted by atomic mass is 16.6. The van der Waals surface area contributed by atoms with E-state index in [0.717, 1.165) is 12.8 Å². The molecule has 0 saturated carbocycles. The molecule has 3 rings (SSSR count). The van der Waals surface area contributed by atoms with Crippen LogP contribution in [0.15, 0.2) is 10.7 Å². The van der Waals surface area contributed by atoms with E-state index in [4.69, 9.17) is 14.5 Å². The van der Waals surface area contributed by atoms with E-state index in [-0.39, 0.29) is 40.9 Å². The molecule has 0 amide bonds. The summed E-state index contributed by atoms with van der Waals surface area (Å²) in [5, 5.41) is 31.2. The summed E-state index contributed by atoms with van der Waals surface area (Å²) in [4.78, 5) is 25.2. The molecule has 28 heavy (non-hydrogen) atoms. The zero-order valence-corrected chi connectivity index (χ0v) is 15.6. The summed E-state index contributed by atoms with van der Waals surface area (Å²) in [5.74, 6) is -0.519. The number of esters is 1. The average Bonchev–Trinajstić information content (AvgIpc) is 3.16. The van der Waals surface area contributed by atoms with Gasteiger partial charge in [0.25, 0.3) is 0 Å². The number of rotatable bonds is 8. The third-order valence-corrected chi connectivity index (χ3v) is 4.71. The highest BCUT2D eigenvalue weighted by molar-refractivity contribution is 6.00. The molecular formula is C17H23N5O6. The van der Waals surface area contributed by atoms with Gasteiger partial charge >= 0.3 is 11.7 Å². The van der Waals surface area contributed by atoms with Crippen molar-refractivity contribution in [3.05, 3.63) is 16.2 Å². The molecule has 1 aliphatic rings. The number of hydrogen-bond acceptors (Lipinski definition) is 10. The molecule has 0 bridgehead atoms. The zero-order valence-electron chi connectivity index (χ0n) is 15.6. The van der Waals surface area contributed by atoms with E-state index in [0.29, 0.717) is 38.3 Å². The normalized spacial score (nSPS) is 16.9. The number of aliphatic hydroxyl groups is 1. The number of fused-ring (bicyclic) bond motifs is 1. The van der Waals surface area contributed by atoms with Crippen LogP contribution in [-0.2, 0) is 9.53 Å². The van der Waals surface area contributed by atoms with Gasteiger partial charge in [0.05, 0.1) is 23.1 Å². The molecule has 0 unspecified atom stereocenters. The second-order valence-electron chi connectivity index (χ2n) is 6.55. The van der Waals surface area contributed by atoms with Crippen LogP contribution in [0, 0.1) is 16.0 Å². The number of ether oxygens (including phenoxy) is 1. The van der Waals surface area contributed by atoms with E-state index in [1.165, 1.54) is 0 Å². The lowest BCUT2D eigenvalue weighted by Gasteiger charge is -2.33. The van der Waals surface area contributed by atoms with E-state index in [1.54, 1.807) is 13.0 Å². The molecule has 0 aliphatic carbocycles. The van der Waals surface area contributed by atoms with Crippen LogP contribution in [0.3, 0.4) is 0 Å². The standard InChI is InChI=1S/C17H23N5O6/c1-2-27-17(24)11-5-3-7-21(10-11)13-9-12(18-6-4-8-23)16(22(25)26)15-14(13)19-28-20-15/h9,11,18,23H,2-8,10H2,1H3/t11-/m1/s1. The SMILES string of the molecule is CCOC(=O)[C@@H]1CCCN(c2cc(NCCCO)c([N+](=O)[O-])c3nonc23)C1. The molecular weight excluding hydrogens is 370 g/mol. The van der Waals surface area contributed by atoms with Crippen molar-refractivity contribution in [1.29, 1.82) is 0 Å². The first-order valence-corrected chi connectivity index (χ1v) is 9.26. The number of nitro benzene ring substituents is 1. The Labute approximate surface area is 160 Å². The Morgan fingerprint density at radius 1 is 1.50 bits per heavy atom. The van der Waals surface area contributed by atoms with E-state index >= 15 is 0 Å². The van der Waals surface area contributed by atoms with Gasteiger partial charge in [0, 0.05) is 26.2 Å². The molecule has 2 N–H and O–H groups in total. The maximum absolute atomic E-state index is 12.2. The largest absolute Gasteiger partial charge is 0.466 e. The lowest BCUT2D eigenvalue weighted by molar-refractivity contribution is -0.382. The average molecular weight is 393 g/mol. The Bertz CT molecular complexity index is 854. The summed E-state index contributed by atoms with van der Waals surface area (Å²) < 4.78 is 9.93. The van der Waals surface area contributed by atoms with Crippen LogP contribution in [0.2, 0.25) is 0 Å². The number of anilines is 2. The number of nitro groups is 1. The third-order valence-electron chi connectivity index (χ3n) is 4.71. The van der Waals surface area contributed by atoms with Crippen molar-refractivity contribution in [2.75, 3.05) is 43.1 Å². The van der Waals surface area contributed by atoms with Crippen LogP contribution in [0.4, 0.5) is 17.1 Å². The molecule has 152 valence electrons. The van der Waals surface area contributed by atoms with Gasteiger partial charge in [-0.2, -0.15) is 0 Å². The second kappa shape index (κ2) is 8.83. The molecule has 1 aromatic carbocycles. The van der Waals surface area contributed by atoms with Gasteiger partial charge in [0.15, 0.2) is 5.52 Å². The van der Waals surface area contributed by atoms with Crippen molar-refractivity contribution in [3.8, 4) is 0 Å². The molecule has 11 heteroatoms. The highest BCUT2D eigenvalue weighted by Crippen LogP contribution is 2.39.